The van der Waals surface area contributed by atoms with Gasteiger partial charge in [-0.2, -0.15) is 0 Å². The van der Waals surface area contributed by atoms with Crippen LogP contribution in [0.5, 0.6) is 0 Å². The van der Waals surface area contributed by atoms with Gasteiger partial charge in [-0.05, 0) is 24.7 Å². The van der Waals surface area contributed by atoms with Crippen LogP contribution in [-0.4, -0.2) is 5.78 Å². The van der Waals surface area contributed by atoms with Crippen molar-refractivity contribution in [3.63, 3.8) is 0 Å². The number of Topliss-reactive ketones (excluding diaryl/α,β-unsaturated/α-hetero) is 1. The molecule has 1 aliphatic carbocycles. The molecule has 0 bridgehead atoms. The van der Waals surface area contributed by atoms with E-state index < -0.39 is 0 Å². The summed E-state index contributed by atoms with van der Waals surface area (Å²) >= 11 is 0. The Morgan fingerprint density at radius 3 is 2.60 bits per heavy atom. The van der Waals surface area contributed by atoms with Gasteiger partial charge in [-0.3, -0.25) is 4.79 Å². The summed E-state index contributed by atoms with van der Waals surface area (Å²) in [4.78, 5) is 11.0. The minimum Gasteiger partial charge on any atom is -0.300 e. The predicted octanol–water partition coefficient (Wildman–Crippen LogP) is 2.40. The maximum absolute atomic E-state index is 11.0. The molecule has 58 valence electrons. The van der Waals surface area contributed by atoms with Gasteiger partial charge in [0.15, 0.2) is 0 Å². The van der Waals surface area contributed by atoms with Crippen LogP contribution in [0.25, 0.3) is 0 Å². The molecule has 0 saturated heterocycles. The highest BCUT2D eigenvalue weighted by atomic mass is 16.1. The zero-order valence-corrected chi connectivity index (χ0v) is 6.89. The fraction of sp³-hybridized carbons (Fsp3) is 0.889. The Morgan fingerprint density at radius 1 is 1.50 bits per heavy atom. The molecule has 10 heavy (non-hydrogen) atoms. The number of ketones is 1. The van der Waals surface area contributed by atoms with Gasteiger partial charge in [0.1, 0.15) is 5.78 Å². The fourth-order valence-corrected chi connectivity index (χ4v) is 1.63. The minimum absolute atomic E-state index is 0.477. The van der Waals surface area contributed by atoms with E-state index in [2.05, 4.69) is 13.8 Å². The molecule has 0 aromatic carbocycles. The van der Waals surface area contributed by atoms with E-state index in [9.17, 15) is 4.79 Å². The molecule has 0 radical (unpaired) electrons. The lowest BCUT2D eigenvalue weighted by Gasteiger charge is -2.23. The number of carbonyl (C=O) groups is 1. The van der Waals surface area contributed by atoms with Gasteiger partial charge < -0.3 is 0 Å². The van der Waals surface area contributed by atoms with Crippen molar-refractivity contribution in [1.29, 1.82) is 0 Å². The summed E-state index contributed by atoms with van der Waals surface area (Å²) in [7, 11) is 0. The zero-order chi connectivity index (χ0) is 7.56. The van der Waals surface area contributed by atoms with Crippen molar-refractivity contribution in [1.82, 2.24) is 0 Å². The van der Waals surface area contributed by atoms with Gasteiger partial charge in [0.2, 0.25) is 0 Å². The Labute approximate surface area is 62.8 Å². The van der Waals surface area contributed by atoms with Gasteiger partial charge in [0.05, 0.1) is 0 Å². The third-order valence-corrected chi connectivity index (χ3v) is 2.46. The maximum Gasteiger partial charge on any atom is 0.133 e. The van der Waals surface area contributed by atoms with E-state index in [0.29, 0.717) is 17.6 Å². The summed E-state index contributed by atoms with van der Waals surface area (Å²) in [5, 5.41) is 0. The third kappa shape index (κ3) is 1.83. The number of hydrogen-bond donors (Lipinski definition) is 0. The summed E-state index contributed by atoms with van der Waals surface area (Å²) in [6.45, 7) is 4.42. The van der Waals surface area contributed by atoms with Crippen molar-refractivity contribution in [2.45, 2.75) is 39.5 Å². The summed E-state index contributed by atoms with van der Waals surface area (Å²) in [5.74, 6) is 1.86. The molecule has 1 aliphatic rings. The first kappa shape index (κ1) is 7.77. The summed E-state index contributed by atoms with van der Waals surface area (Å²) in [6.07, 6.45) is 4.08. The van der Waals surface area contributed by atoms with Crippen LogP contribution in [0.3, 0.4) is 0 Å². The Balaban J connectivity index is 2.39. The molecule has 0 aromatic heterocycles. The van der Waals surface area contributed by atoms with Crippen LogP contribution in [0.15, 0.2) is 0 Å². The highest BCUT2D eigenvalue weighted by Gasteiger charge is 2.21. The first-order valence-electron chi connectivity index (χ1n) is 4.22. The van der Waals surface area contributed by atoms with E-state index in [4.69, 9.17) is 0 Å². The van der Waals surface area contributed by atoms with Crippen molar-refractivity contribution in [2.24, 2.45) is 11.8 Å². The Morgan fingerprint density at radius 2 is 2.20 bits per heavy atom. The standard InChI is InChI=1S/C9H16O/c1-7(2)8-4-3-5-9(10)6-8/h7-8H,3-6H2,1-2H3/t8-/m0/s1. The van der Waals surface area contributed by atoms with Crippen molar-refractivity contribution in [3.8, 4) is 0 Å². The molecule has 0 aromatic rings. The predicted molar refractivity (Wildman–Crippen MR) is 41.8 cm³/mol. The van der Waals surface area contributed by atoms with Crippen molar-refractivity contribution in [3.05, 3.63) is 0 Å². The molecule has 0 unspecified atom stereocenters. The monoisotopic (exact) mass is 140 g/mol. The molecule has 1 atom stereocenters. The average Bonchev–Trinajstić information content (AvgIpc) is 1.88. The summed E-state index contributed by atoms with van der Waals surface area (Å²) in [5.41, 5.74) is 0. The van der Waals surface area contributed by atoms with Gasteiger partial charge >= 0.3 is 0 Å². The second kappa shape index (κ2) is 3.18. The third-order valence-electron chi connectivity index (χ3n) is 2.46. The Kier molecular flexibility index (Phi) is 2.47. The number of hydrogen-bond acceptors (Lipinski definition) is 1. The largest absolute Gasteiger partial charge is 0.300 e. The second-order valence-electron chi connectivity index (χ2n) is 3.64. The molecule has 0 heterocycles. The van der Waals surface area contributed by atoms with Crippen LogP contribution in [-0.2, 0) is 4.79 Å². The topological polar surface area (TPSA) is 17.1 Å². The Bertz CT molecular complexity index is 127. The summed E-state index contributed by atoms with van der Waals surface area (Å²) < 4.78 is 0. The van der Waals surface area contributed by atoms with Gasteiger partial charge in [0, 0.05) is 12.8 Å². The SMILES string of the molecule is CC(C)[C@H]1CCCC(=O)C1. The molecular formula is C9H16O. The fourth-order valence-electron chi connectivity index (χ4n) is 1.63. The van der Waals surface area contributed by atoms with Crippen LogP contribution in [0.2, 0.25) is 0 Å². The lowest BCUT2D eigenvalue weighted by Crippen LogP contribution is -2.19. The van der Waals surface area contributed by atoms with E-state index in [1.807, 2.05) is 0 Å². The number of carbonyl (C=O) groups excluding carboxylic acids is 1. The average molecular weight is 140 g/mol. The minimum atomic E-state index is 0.477. The molecule has 0 amide bonds. The highest BCUT2D eigenvalue weighted by molar-refractivity contribution is 5.79. The maximum atomic E-state index is 11.0. The molecule has 0 spiro atoms. The van der Waals surface area contributed by atoms with Crippen LogP contribution in [0.1, 0.15) is 39.5 Å². The van der Waals surface area contributed by atoms with Crippen LogP contribution < -0.4 is 0 Å². The van der Waals surface area contributed by atoms with Crippen LogP contribution in [0, 0.1) is 11.8 Å². The molecule has 1 nitrogen and oxygen atoms in total. The molecular weight excluding hydrogens is 124 g/mol. The molecule has 1 heteroatoms. The second-order valence-corrected chi connectivity index (χ2v) is 3.64. The van der Waals surface area contributed by atoms with Crippen molar-refractivity contribution < 1.29 is 4.79 Å². The van der Waals surface area contributed by atoms with Crippen molar-refractivity contribution in [2.75, 3.05) is 0 Å². The van der Waals surface area contributed by atoms with E-state index in [1.54, 1.807) is 0 Å². The normalized spacial score (nSPS) is 27.5. The van der Waals surface area contributed by atoms with E-state index >= 15 is 0 Å². The zero-order valence-electron chi connectivity index (χ0n) is 6.89. The van der Waals surface area contributed by atoms with Gasteiger partial charge in [-0.15, -0.1) is 0 Å². The smallest absolute Gasteiger partial charge is 0.133 e. The molecule has 1 fully saturated rings. The van der Waals surface area contributed by atoms with E-state index in [-0.39, 0.29) is 0 Å². The first-order chi connectivity index (χ1) is 4.70. The quantitative estimate of drug-likeness (QED) is 0.546. The number of rotatable bonds is 1. The van der Waals surface area contributed by atoms with E-state index in [1.165, 1.54) is 6.42 Å². The van der Waals surface area contributed by atoms with E-state index in [0.717, 1.165) is 19.3 Å². The van der Waals surface area contributed by atoms with Gasteiger partial charge in [-0.1, -0.05) is 13.8 Å². The highest BCUT2D eigenvalue weighted by Crippen LogP contribution is 2.27. The van der Waals surface area contributed by atoms with Crippen LogP contribution in [0.4, 0.5) is 0 Å². The lowest BCUT2D eigenvalue weighted by atomic mass is 9.81. The summed E-state index contributed by atoms with van der Waals surface area (Å²) in [6, 6.07) is 0. The van der Waals surface area contributed by atoms with Gasteiger partial charge in [0.25, 0.3) is 0 Å². The van der Waals surface area contributed by atoms with Crippen molar-refractivity contribution >= 4 is 5.78 Å². The first-order valence-corrected chi connectivity index (χ1v) is 4.22. The van der Waals surface area contributed by atoms with Crippen LogP contribution >= 0.6 is 0 Å². The Hall–Kier alpha value is -0.330. The molecule has 1 rings (SSSR count). The molecule has 0 aliphatic heterocycles. The molecule has 0 N–H and O–H groups in total. The lowest BCUT2D eigenvalue weighted by molar-refractivity contribution is -0.121. The molecule has 1 saturated carbocycles. The van der Waals surface area contributed by atoms with Gasteiger partial charge in [-0.25, -0.2) is 0 Å².